The summed E-state index contributed by atoms with van der Waals surface area (Å²) in [6.45, 7) is 24.3. The predicted molar refractivity (Wildman–Crippen MR) is 583 cm³/mol. The van der Waals surface area contributed by atoms with Gasteiger partial charge in [-0.2, -0.15) is 10.2 Å². The molecule has 1 heterocycles. The number of aromatic nitrogens is 1. The molecule has 31 nitrogen and oxygen atoms in total. The van der Waals surface area contributed by atoms with E-state index in [1.807, 2.05) is 158 Å². The van der Waals surface area contributed by atoms with E-state index in [-0.39, 0.29) is 106 Å². The molecule has 9 aromatic rings. The molecule has 43 heteroatoms. The van der Waals surface area contributed by atoms with E-state index in [4.69, 9.17) is 170 Å². The molecular weight excluding hydrogens is 2140 g/mol. The van der Waals surface area contributed by atoms with Crippen LogP contribution >= 0.6 is 123 Å². The summed E-state index contributed by atoms with van der Waals surface area (Å²) in [5.41, 5.74) is 7.12. The van der Waals surface area contributed by atoms with Crippen molar-refractivity contribution in [3.63, 3.8) is 0 Å². The summed E-state index contributed by atoms with van der Waals surface area (Å²) in [6, 6.07) is 55.7. The summed E-state index contributed by atoms with van der Waals surface area (Å²) in [7, 11) is 2.86. The van der Waals surface area contributed by atoms with Gasteiger partial charge in [-0.25, -0.2) is 9.59 Å². The van der Waals surface area contributed by atoms with Gasteiger partial charge in [-0.3, -0.25) is 64.0 Å². The minimum atomic E-state index is -2.92. The number of halogens is 10. The van der Waals surface area contributed by atoms with Crippen molar-refractivity contribution in [2.75, 3.05) is 60.9 Å². The number of nitro groups is 2. The second-order valence-corrected chi connectivity index (χ2v) is 40.6. The number of nitrogens with zero attached hydrogens (tertiary/aromatic N) is 7. The van der Waals surface area contributed by atoms with E-state index in [0.717, 1.165) is 48.1 Å². The number of para-hydroxylation sites is 3. The molecule has 3 aliphatic carbocycles. The number of amides is 4. The highest BCUT2D eigenvalue weighted by Crippen LogP contribution is 2.62. The molecule has 0 aliphatic heterocycles. The lowest BCUT2D eigenvalue weighted by Gasteiger charge is -2.26. The first kappa shape index (κ1) is 124. The highest BCUT2D eigenvalue weighted by Gasteiger charge is 2.63. The largest absolute Gasteiger partial charge is 0.485 e. The number of pyridine rings is 1. The molecule has 2 fully saturated rings. The van der Waals surface area contributed by atoms with Crippen molar-refractivity contribution in [3.8, 4) is 34.9 Å². The van der Waals surface area contributed by atoms with Crippen molar-refractivity contribution in [3.05, 3.63) is 316 Å². The number of rotatable bonds is 35. The van der Waals surface area contributed by atoms with Gasteiger partial charge in [0, 0.05) is 78.1 Å². The number of methoxy groups -OCH3 is 2. The number of alkyl carbamates (subject to hydrolysis) is 1. The van der Waals surface area contributed by atoms with Gasteiger partial charge in [0.25, 0.3) is 5.69 Å². The Bertz CT molecular complexity index is 6120. The maximum absolute atomic E-state index is 12.6. The van der Waals surface area contributed by atoms with Gasteiger partial charge >= 0.3 is 42.8 Å². The molecule has 4 amide bonds. The number of benzene rings is 8. The molecule has 1 aromatic heterocycles. The lowest BCUT2D eigenvalue weighted by atomic mass is 10.0. The molecule has 6 atom stereocenters. The molecule has 147 heavy (non-hydrogen) atoms. The molecule has 786 valence electrons. The summed E-state index contributed by atoms with van der Waals surface area (Å²) in [5, 5.41) is 53.6. The van der Waals surface area contributed by atoms with Gasteiger partial charge in [0.15, 0.2) is 15.8 Å². The number of carbonyl (C=O) groups excluding carboxylic acids is 6. The van der Waals surface area contributed by atoms with Crippen molar-refractivity contribution in [2.24, 2.45) is 34.5 Å². The summed E-state index contributed by atoms with van der Waals surface area (Å²) in [6.07, 6.45) is 8.34. The van der Waals surface area contributed by atoms with Gasteiger partial charge in [-0.15, -0.1) is 11.6 Å². The smallest absolute Gasteiger partial charge is 0.457 e. The highest BCUT2D eigenvalue weighted by molar-refractivity contribution is 8.07. The third kappa shape index (κ3) is 39.3. The minimum absolute atomic E-state index is 0.0109. The number of nitro benzene ring substituents is 2. The van der Waals surface area contributed by atoms with E-state index in [9.17, 15) is 59.7 Å². The van der Waals surface area contributed by atoms with Gasteiger partial charge in [-0.05, 0) is 215 Å². The molecule has 0 radical (unpaired) electrons. The number of ether oxygens (including phenoxy) is 7. The second-order valence-electron chi connectivity index (χ2n) is 33.4. The van der Waals surface area contributed by atoms with Crippen LogP contribution in [0.5, 0.6) is 28.9 Å². The Morgan fingerprint density at radius 2 is 1.16 bits per heavy atom. The number of allylic oxidation sites excluding steroid dienone is 5. The maximum atomic E-state index is 12.6. The number of nitrogens with one attached hydrogen (secondary N) is 4. The molecule has 3 aliphatic rings. The van der Waals surface area contributed by atoms with Crippen LogP contribution in [-0.2, 0) is 76.6 Å². The van der Waals surface area contributed by atoms with Crippen LogP contribution in [0.4, 0.5) is 43.7 Å². The monoisotopic (exact) mass is 2250 g/mol. The topological polar surface area (TPSA) is 397 Å². The van der Waals surface area contributed by atoms with E-state index < -0.39 is 58.9 Å². The Labute approximate surface area is 910 Å². The Morgan fingerprint density at radius 1 is 0.626 bits per heavy atom. The third-order valence-electron chi connectivity index (χ3n) is 22.4. The predicted octanol–water partition coefficient (Wildman–Crippen LogP) is 30.9. The van der Waals surface area contributed by atoms with E-state index in [1.165, 1.54) is 19.2 Å². The summed E-state index contributed by atoms with van der Waals surface area (Å²) < 4.78 is 53.7. The Hall–Kier alpha value is -11.4. The van der Waals surface area contributed by atoms with E-state index in [0.29, 0.717) is 111 Å². The van der Waals surface area contributed by atoms with Crippen LogP contribution in [0.15, 0.2) is 227 Å². The molecule has 0 saturated heterocycles. The average Bonchev–Trinajstić information content (AvgIpc) is 1.57. The molecule has 0 spiro atoms. The van der Waals surface area contributed by atoms with Crippen LogP contribution in [0.25, 0.3) is 4.98 Å². The summed E-state index contributed by atoms with van der Waals surface area (Å²) in [5.74, 6) is 0.810. The Morgan fingerprint density at radius 3 is 1.64 bits per heavy atom. The first-order valence-electron chi connectivity index (χ1n) is 46.0. The van der Waals surface area contributed by atoms with Gasteiger partial charge < -0.3 is 48.3 Å². The van der Waals surface area contributed by atoms with Crippen molar-refractivity contribution in [1.29, 1.82) is 10.7 Å². The number of esters is 2. The number of aryl methyl sites for hydroxylation is 4. The van der Waals surface area contributed by atoms with Crippen molar-refractivity contribution in [1.82, 2.24) is 10.3 Å². The first-order chi connectivity index (χ1) is 69.8. The fraction of sp³-hybridized carbons (Fsp3) is 0.346. The molecule has 12 rings (SSSR count). The van der Waals surface area contributed by atoms with Crippen molar-refractivity contribution in [2.45, 2.75) is 160 Å². The SMILES string of the molecule is CC1(C)[C@H](C(=O)O[C@H]([N+]#N)c2cccc(Oc3ccccc3)c2)[C@@H]1C=C(Cl)Cl.CC1(C)[C@H](C=C(Cl)Cl)[C@@H]1C(=O)O[C@@H](C#N)c1cccc(Oc2ccccc2)c1.CCC(=O)Nc1ccc(Cl)c(Cl)c1.CCC(CC)Nc1c([N+](=O)[O-])cc(C)c(C)c1[N+](=O)[O-].CCOP(=S)(OCC)Oc1nc(Cl)c(Cl)cc1Cl.CCc1cccc(CC)c1N(COC)C(=O)CCl.COC(=O)NC1=CCCC(OC(=O)Nc2cccc(C)c2)=C1. The van der Waals surface area contributed by atoms with Gasteiger partial charge in [0.05, 0.1) is 68.3 Å². The first-order valence-corrected chi connectivity index (χ1v) is 52.5. The molecule has 0 unspecified atom stereocenters. The standard InChI is InChI=1S/C22H19Cl2NO3.C21H19Cl2N2O3.C16H18N2O4.C14H20ClNO2.C13H19N3O4.C9H11Cl3NO3PS.C9H9Cl2NO/c1-22(2)17(12-19(23)24)20(22)21(26)28-18(13-25)14-7-6-10-16(11-14)27-15-8-4-3-5-9-15;1-21(2)16(12-17(22)23)18(21)20(26)28-19(25-24)13-7-6-10-15(11-13)27-14-8-4-3-5-9-14;1-11-5-3-6-12(9-11)18-16(20)22-14-8-4-7-13(10-14)17-15(19)21-2;1-4-11-7-6-8-12(5-2)14(11)16(10-18-3)13(17)9-15;1-5-10(6-2)14-12-11(15(17)18)7-8(3)9(4)13(12)16(19)20;1-3-14-17(18,15-4-2)16-9-7(11)5-6(10)8(12)13-9;1-2-9(13)12-6-3-4-7(10)8(11)5-6/h3-12,17-18,20H,1-2H3;3-12,16,18-19H,1-2H3;3,5-7,9-10H,4,8H2,1-2H3,(H,17,19)(H,18,20);6-8H,4-5,9-10H2,1-3H3;7,10,14H,5-6H2,1-4H3;5H,3-4H2,1-2H3;3-5H,2H2,1H3,(H,12,13)/q;+1;;;;;/t17-,18+,20-;16-,18-,19-;;;;;/m10...../s1. The molecule has 2 saturated carbocycles. The number of nitriles is 1. The van der Waals surface area contributed by atoms with Crippen LogP contribution in [-0.4, -0.2) is 96.9 Å². The van der Waals surface area contributed by atoms with E-state index >= 15 is 0 Å². The number of carbonyl (C=O) groups is 6. The fourth-order valence-electron chi connectivity index (χ4n) is 14.5. The molecule has 0 bridgehead atoms. The van der Waals surface area contributed by atoms with Crippen LogP contribution in [0.1, 0.15) is 160 Å². The fourth-order valence-corrected chi connectivity index (χ4v) is 18.1. The zero-order valence-corrected chi connectivity index (χ0v) is 92.7. The van der Waals surface area contributed by atoms with Gasteiger partial charge in [0.1, 0.15) is 61.4 Å². The van der Waals surface area contributed by atoms with Crippen LogP contribution in [0, 0.1) is 92.2 Å². The number of hydrogen-bond acceptors (Lipinski definition) is 25. The second kappa shape index (κ2) is 61.6. The summed E-state index contributed by atoms with van der Waals surface area (Å²) in [4.78, 5) is 101. The number of diazo groups is 1. The molecule has 4 N–H and O–H groups in total. The third-order valence-corrected chi connectivity index (χ3v) is 27.3. The van der Waals surface area contributed by atoms with Gasteiger partial charge in [0.2, 0.25) is 29.2 Å². The quantitative estimate of drug-likeness (QED) is 0.00330. The van der Waals surface area contributed by atoms with E-state index in [1.54, 1.807) is 138 Å². The van der Waals surface area contributed by atoms with Crippen LogP contribution < -0.4 is 40.2 Å². The maximum Gasteiger partial charge on any atom is 0.485 e. The Balaban J connectivity index is 0.000000265. The zero-order valence-electron chi connectivity index (χ0n) is 83.4. The number of alkyl halides is 1. The van der Waals surface area contributed by atoms with Crippen molar-refractivity contribution < 1.29 is 85.3 Å². The minimum Gasteiger partial charge on any atom is -0.457 e. The van der Waals surface area contributed by atoms with Crippen molar-refractivity contribution >= 4 is 205 Å². The average molecular weight is 2260 g/mol. The van der Waals surface area contributed by atoms with E-state index in [2.05, 4.69) is 49.8 Å². The lowest BCUT2D eigenvalue weighted by Crippen LogP contribution is -2.35. The Kier molecular flexibility index (Phi) is 52.0. The zero-order chi connectivity index (χ0) is 109. The number of anilines is 4. The summed E-state index contributed by atoms with van der Waals surface area (Å²) >= 11 is 62.7. The van der Waals surface area contributed by atoms with Gasteiger partial charge in [-0.1, -0.05) is 258 Å². The normalized spacial score (nSPS) is 14.8. The molecular formula is C104H115Cl10N11O20PS+. The highest BCUT2D eigenvalue weighted by atomic mass is 35.5. The van der Waals surface area contributed by atoms with Crippen LogP contribution in [0.3, 0.4) is 0 Å². The molecule has 8 aromatic carbocycles. The van der Waals surface area contributed by atoms with Crippen LogP contribution in [0.2, 0.25) is 25.2 Å². The lowest BCUT2D eigenvalue weighted by molar-refractivity contribution is -0.392. The number of hydrogen-bond donors (Lipinski definition) is 4.